The number of oxazole rings is 1. The predicted octanol–water partition coefficient (Wildman–Crippen LogP) is 1.98. The van der Waals surface area contributed by atoms with E-state index in [1.807, 2.05) is 25.1 Å². The normalized spacial score (nSPS) is 10.4. The third-order valence-corrected chi connectivity index (χ3v) is 2.49. The molecule has 0 aliphatic heterocycles. The van der Waals surface area contributed by atoms with Crippen LogP contribution in [-0.4, -0.2) is 17.4 Å². The van der Waals surface area contributed by atoms with E-state index in [-0.39, 0.29) is 5.91 Å². The minimum Gasteiger partial charge on any atom is -0.441 e. The Morgan fingerprint density at radius 1 is 1.59 bits per heavy atom. The van der Waals surface area contributed by atoms with Crippen molar-refractivity contribution in [1.29, 1.82) is 0 Å². The van der Waals surface area contributed by atoms with Gasteiger partial charge < -0.3 is 9.73 Å². The second-order valence-electron chi connectivity index (χ2n) is 3.77. The molecule has 0 saturated heterocycles. The largest absolute Gasteiger partial charge is 0.441 e. The smallest absolute Gasteiger partial charge is 0.243 e. The highest BCUT2D eigenvalue weighted by Gasteiger charge is 2.07. The van der Waals surface area contributed by atoms with Crippen molar-refractivity contribution in [1.82, 2.24) is 10.3 Å². The van der Waals surface area contributed by atoms with Gasteiger partial charge in [0.15, 0.2) is 11.5 Å². The summed E-state index contributed by atoms with van der Waals surface area (Å²) in [5, 5.41) is 2.68. The number of carbonyl (C=O) groups is 1. The molecule has 2 rings (SSSR count). The zero-order chi connectivity index (χ0) is 12.3. The third-order valence-electron chi connectivity index (χ3n) is 2.49. The lowest BCUT2D eigenvalue weighted by Crippen LogP contribution is -2.23. The van der Waals surface area contributed by atoms with E-state index < -0.39 is 0 Å². The first-order valence-corrected chi connectivity index (χ1v) is 5.46. The Balaban J connectivity index is 2.07. The molecule has 4 heteroatoms. The van der Waals surface area contributed by atoms with Gasteiger partial charge in [-0.15, -0.1) is 0 Å². The molecule has 1 aromatic carbocycles. The van der Waals surface area contributed by atoms with Gasteiger partial charge in [-0.25, -0.2) is 4.98 Å². The average molecular weight is 230 g/mol. The van der Waals surface area contributed by atoms with Gasteiger partial charge in [-0.3, -0.25) is 4.79 Å². The van der Waals surface area contributed by atoms with Gasteiger partial charge in [-0.1, -0.05) is 18.7 Å². The first-order chi connectivity index (χ1) is 8.20. The zero-order valence-corrected chi connectivity index (χ0v) is 9.69. The molecule has 4 nitrogen and oxygen atoms in total. The van der Waals surface area contributed by atoms with Gasteiger partial charge in [0, 0.05) is 13.0 Å². The Morgan fingerprint density at radius 3 is 3.12 bits per heavy atom. The van der Waals surface area contributed by atoms with Gasteiger partial charge >= 0.3 is 0 Å². The number of aromatic nitrogens is 1. The maximum Gasteiger partial charge on any atom is 0.243 e. The van der Waals surface area contributed by atoms with Crippen LogP contribution in [0.2, 0.25) is 0 Å². The molecule has 1 amide bonds. The number of carbonyl (C=O) groups excluding carboxylic acids is 1. The fourth-order valence-electron chi connectivity index (χ4n) is 1.60. The van der Waals surface area contributed by atoms with Crippen LogP contribution in [0.1, 0.15) is 11.5 Å². The number of hydrogen-bond acceptors (Lipinski definition) is 3. The van der Waals surface area contributed by atoms with E-state index >= 15 is 0 Å². The first-order valence-electron chi connectivity index (χ1n) is 5.46. The highest BCUT2D eigenvalue weighted by molar-refractivity contribution is 5.86. The van der Waals surface area contributed by atoms with E-state index in [0.29, 0.717) is 18.9 Å². The van der Waals surface area contributed by atoms with Gasteiger partial charge in [-0.2, -0.15) is 0 Å². The molecule has 1 heterocycles. The van der Waals surface area contributed by atoms with Crippen LogP contribution >= 0.6 is 0 Å². The van der Waals surface area contributed by atoms with E-state index in [1.54, 1.807) is 0 Å². The van der Waals surface area contributed by atoms with Crippen LogP contribution in [0.5, 0.6) is 0 Å². The number of fused-ring (bicyclic) bond motifs is 1. The topological polar surface area (TPSA) is 55.1 Å². The molecular weight excluding hydrogens is 216 g/mol. The van der Waals surface area contributed by atoms with Crippen LogP contribution in [0.25, 0.3) is 11.1 Å². The fraction of sp³-hybridized carbons (Fsp3) is 0.231. The number of amides is 1. The van der Waals surface area contributed by atoms with Crippen LogP contribution in [0.3, 0.4) is 0 Å². The zero-order valence-electron chi connectivity index (χ0n) is 9.69. The molecule has 0 aliphatic carbocycles. The lowest BCUT2D eigenvalue weighted by molar-refractivity contribution is -0.116. The summed E-state index contributed by atoms with van der Waals surface area (Å²) in [5.41, 5.74) is 2.76. The van der Waals surface area contributed by atoms with Crippen molar-refractivity contribution in [3.05, 3.63) is 42.3 Å². The van der Waals surface area contributed by atoms with E-state index in [1.165, 1.54) is 6.08 Å². The molecule has 88 valence electrons. The second-order valence-corrected chi connectivity index (χ2v) is 3.77. The van der Waals surface area contributed by atoms with E-state index in [0.717, 1.165) is 16.7 Å². The van der Waals surface area contributed by atoms with Gasteiger partial charge in [0.05, 0.1) is 0 Å². The Labute approximate surface area is 99.3 Å². The Hall–Kier alpha value is -2.10. The van der Waals surface area contributed by atoms with Gasteiger partial charge in [-0.05, 0) is 24.6 Å². The highest BCUT2D eigenvalue weighted by atomic mass is 16.3. The standard InChI is InChI=1S/C13H14N2O2/c1-3-11(16)14-8-7-12-15-13-9(2)5-4-6-10(13)17-12/h3-6H,1,7-8H2,2H3,(H,14,16). The molecule has 1 aromatic heterocycles. The molecule has 0 unspecified atom stereocenters. The van der Waals surface area contributed by atoms with E-state index in [4.69, 9.17) is 4.42 Å². The Bertz CT molecular complexity index is 558. The number of nitrogens with zero attached hydrogens (tertiary/aromatic N) is 1. The average Bonchev–Trinajstić information content (AvgIpc) is 2.73. The summed E-state index contributed by atoms with van der Waals surface area (Å²) in [6, 6.07) is 5.82. The van der Waals surface area contributed by atoms with Crippen molar-refractivity contribution in [2.24, 2.45) is 0 Å². The molecule has 0 atom stereocenters. The van der Waals surface area contributed by atoms with E-state index in [9.17, 15) is 4.79 Å². The summed E-state index contributed by atoms with van der Waals surface area (Å²) < 4.78 is 5.58. The second kappa shape index (κ2) is 4.82. The van der Waals surface area contributed by atoms with Gasteiger partial charge in [0.2, 0.25) is 5.91 Å². The maximum absolute atomic E-state index is 10.9. The number of para-hydroxylation sites is 1. The summed E-state index contributed by atoms with van der Waals surface area (Å²) in [6.45, 7) is 5.87. The molecule has 0 radical (unpaired) electrons. The predicted molar refractivity (Wildman–Crippen MR) is 65.7 cm³/mol. The summed E-state index contributed by atoms with van der Waals surface area (Å²) in [7, 11) is 0. The van der Waals surface area contributed by atoms with Gasteiger partial charge in [0.1, 0.15) is 5.52 Å². The van der Waals surface area contributed by atoms with Crippen LogP contribution < -0.4 is 5.32 Å². The van der Waals surface area contributed by atoms with Crippen LogP contribution in [0, 0.1) is 6.92 Å². The molecular formula is C13H14N2O2. The Kier molecular flexibility index (Phi) is 3.23. The van der Waals surface area contributed by atoms with Crippen LogP contribution in [0.15, 0.2) is 35.3 Å². The maximum atomic E-state index is 10.9. The van der Waals surface area contributed by atoms with Gasteiger partial charge in [0.25, 0.3) is 0 Å². The molecule has 0 saturated carbocycles. The molecule has 0 aliphatic rings. The minimum absolute atomic E-state index is 0.183. The molecule has 0 bridgehead atoms. The van der Waals surface area contributed by atoms with Crippen molar-refractivity contribution in [2.75, 3.05) is 6.54 Å². The van der Waals surface area contributed by atoms with Crippen molar-refractivity contribution in [3.8, 4) is 0 Å². The Morgan fingerprint density at radius 2 is 2.41 bits per heavy atom. The van der Waals surface area contributed by atoms with E-state index in [2.05, 4.69) is 16.9 Å². The quantitative estimate of drug-likeness (QED) is 0.817. The lowest BCUT2D eigenvalue weighted by atomic mass is 10.2. The molecule has 0 spiro atoms. The summed E-state index contributed by atoms with van der Waals surface area (Å²) in [5.74, 6) is 0.455. The minimum atomic E-state index is -0.183. The van der Waals surface area contributed by atoms with Crippen molar-refractivity contribution >= 4 is 17.0 Å². The van der Waals surface area contributed by atoms with Crippen molar-refractivity contribution in [2.45, 2.75) is 13.3 Å². The van der Waals surface area contributed by atoms with Crippen molar-refractivity contribution < 1.29 is 9.21 Å². The summed E-state index contributed by atoms with van der Waals surface area (Å²) in [6.07, 6.45) is 1.82. The molecule has 1 N–H and O–H groups in total. The highest BCUT2D eigenvalue weighted by Crippen LogP contribution is 2.18. The molecule has 0 fully saturated rings. The number of nitrogens with one attached hydrogen (secondary N) is 1. The van der Waals surface area contributed by atoms with Crippen LogP contribution in [0.4, 0.5) is 0 Å². The lowest BCUT2D eigenvalue weighted by Gasteiger charge is -1.97. The third kappa shape index (κ3) is 2.53. The number of hydrogen-bond donors (Lipinski definition) is 1. The first kappa shape index (κ1) is 11.4. The summed E-state index contributed by atoms with van der Waals surface area (Å²) >= 11 is 0. The number of rotatable bonds is 4. The monoisotopic (exact) mass is 230 g/mol. The molecule has 17 heavy (non-hydrogen) atoms. The molecule has 2 aromatic rings. The SMILES string of the molecule is C=CC(=O)NCCc1nc2c(C)cccc2o1. The summed E-state index contributed by atoms with van der Waals surface area (Å²) in [4.78, 5) is 15.3. The fourth-order valence-corrected chi connectivity index (χ4v) is 1.60. The number of aryl methyl sites for hydroxylation is 1. The number of benzene rings is 1. The van der Waals surface area contributed by atoms with Crippen molar-refractivity contribution in [3.63, 3.8) is 0 Å². The van der Waals surface area contributed by atoms with Crippen LogP contribution in [-0.2, 0) is 11.2 Å².